The summed E-state index contributed by atoms with van der Waals surface area (Å²) in [6, 6.07) is 0. The molecule has 0 aliphatic carbocycles. The number of rotatable bonds is 4. The van der Waals surface area contributed by atoms with Gasteiger partial charge in [-0.2, -0.15) is 5.10 Å². The second-order valence-corrected chi connectivity index (χ2v) is 6.28. The molecule has 0 amide bonds. The average Bonchev–Trinajstić information content (AvgIpc) is 2.89. The summed E-state index contributed by atoms with van der Waals surface area (Å²) in [6.07, 6.45) is 4.79. The molecule has 1 aromatic rings. The molecule has 1 saturated heterocycles. The van der Waals surface area contributed by atoms with E-state index in [1.54, 1.807) is 0 Å². The highest BCUT2D eigenvalue weighted by Crippen LogP contribution is 2.23. The molecule has 0 radical (unpaired) electrons. The number of carboxylic acid groups (broad SMARTS) is 1. The number of fused-ring (bicyclic) bond motifs is 1. The van der Waals surface area contributed by atoms with Gasteiger partial charge in [-0.3, -0.25) is 4.79 Å². The normalized spacial score (nSPS) is 24.0. The van der Waals surface area contributed by atoms with Gasteiger partial charge in [0.2, 0.25) is 0 Å². The monoisotopic (exact) mass is 292 g/mol. The van der Waals surface area contributed by atoms with Crippen molar-refractivity contribution in [2.24, 2.45) is 11.8 Å². The Kier molecular flexibility index (Phi) is 4.24. The molecule has 2 aliphatic rings. The Morgan fingerprint density at radius 1 is 1.33 bits per heavy atom. The molecule has 0 spiro atoms. The Morgan fingerprint density at radius 2 is 2.10 bits per heavy atom. The lowest BCUT2D eigenvalue weighted by Gasteiger charge is -2.30. The highest BCUT2D eigenvalue weighted by atomic mass is 16.4. The zero-order valence-electron chi connectivity index (χ0n) is 12.7. The van der Waals surface area contributed by atoms with E-state index in [-0.39, 0.29) is 5.92 Å². The predicted octanol–water partition coefficient (Wildman–Crippen LogP) is 1.20. The first kappa shape index (κ1) is 14.5. The highest BCUT2D eigenvalue weighted by molar-refractivity contribution is 5.70. The van der Waals surface area contributed by atoms with Crippen LogP contribution in [0.4, 0.5) is 0 Å². The van der Waals surface area contributed by atoms with Crippen LogP contribution >= 0.6 is 0 Å². The molecule has 3 heterocycles. The fourth-order valence-corrected chi connectivity index (χ4v) is 3.41. The number of aromatic nitrogens is 3. The van der Waals surface area contributed by atoms with Gasteiger partial charge in [-0.25, -0.2) is 9.67 Å². The number of aliphatic carboxylic acids is 1. The van der Waals surface area contributed by atoms with Crippen LogP contribution < -0.4 is 0 Å². The van der Waals surface area contributed by atoms with Crippen LogP contribution in [0.2, 0.25) is 0 Å². The van der Waals surface area contributed by atoms with Crippen molar-refractivity contribution in [3.8, 4) is 0 Å². The molecule has 1 atom stereocenters. The van der Waals surface area contributed by atoms with Gasteiger partial charge in [0.05, 0.1) is 12.5 Å². The van der Waals surface area contributed by atoms with E-state index in [0.29, 0.717) is 18.9 Å². The smallest absolute Gasteiger partial charge is 0.308 e. The van der Waals surface area contributed by atoms with Gasteiger partial charge >= 0.3 is 5.97 Å². The SMILES string of the molecule is CCN1CCC(Cc2nc3n(n2)CC(C(=O)O)CC3)CC1. The van der Waals surface area contributed by atoms with Crippen molar-refractivity contribution in [2.45, 2.75) is 45.6 Å². The van der Waals surface area contributed by atoms with Gasteiger partial charge in [-0.1, -0.05) is 6.92 Å². The lowest BCUT2D eigenvalue weighted by Crippen LogP contribution is -2.34. The number of hydrogen-bond donors (Lipinski definition) is 1. The largest absolute Gasteiger partial charge is 0.481 e. The van der Waals surface area contributed by atoms with Crippen molar-refractivity contribution >= 4 is 5.97 Å². The third kappa shape index (κ3) is 3.26. The molecule has 116 valence electrons. The van der Waals surface area contributed by atoms with E-state index in [9.17, 15) is 4.79 Å². The maximum Gasteiger partial charge on any atom is 0.308 e. The molecule has 6 heteroatoms. The van der Waals surface area contributed by atoms with Crippen molar-refractivity contribution < 1.29 is 9.90 Å². The lowest BCUT2D eigenvalue weighted by molar-refractivity contribution is -0.142. The number of likely N-dealkylation sites (tertiary alicyclic amines) is 1. The maximum atomic E-state index is 11.1. The molecule has 1 aromatic heterocycles. The molecular weight excluding hydrogens is 268 g/mol. The van der Waals surface area contributed by atoms with E-state index in [2.05, 4.69) is 21.9 Å². The predicted molar refractivity (Wildman–Crippen MR) is 78.0 cm³/mol. The van der Waals surface area contributed by atoms with E-state index in [1.807, 2.05) is 4.68 Å². The molecule has 2 aliphatic heterocycles. The summed E-state index contributed by atoms with van der Waals surface area (Å²) in [4.78, 5) is 18.2. The van der Waals surface area contributed by atoms with Crippen LogP contribution in [0.15, 0.2) is 0 Å². The first-order valence-corrected chi connectivity index (χ1v) is 8.03. The third-order valence-electron chi connectivity index (χ3n) is 4.88. The molecule has 3 rings (SSSR count). The van der Waals surface area contributed by atoms with Crippen molar-refractivity contribution in [2.75, 3.05) is 19.6 Å². The van der Waals surface area contributed by atoms with E-state index in [1.165, 1.54) is 25.9 Å². The molecule has 21 heavy (non-hydrogen) atoms. The van der Waals surface area contributed by atoms with Crippen LogP contribution in [0.3, 0.4) is 0 Å². The summed E-state index contributed by atoms with van der Waals surface area (Å²) in [5, 5.41) is 13.7. The minimum atomic E-state index is -0.718. The first-order chi connectivity index (χ1) is 10.2. The van der Waals surface area contributed by atoms with Crippen LogP contribution in [0.5, 0.6) is 0 Å². The van der Waals surface area contributed by atoms with E-state index >= 15 is 0 Å². The number of aryl methyl sites for hydroxylation is 1. The van der Waals surface area contributed by atoms with Gasteiger partial charge in [0, 0.05) is 12.8 Å². The third-order valence-corrected chi connectivity index (χ3v) is 4.88. The standard InChI is InChI=1S/C15H24N4O2/c1-2-18-7-5-11(6-8-18)9-13-16-14-4-3-12(15(20)21)10-19(14)17-13/h11-12H,2-10H2,1H3,(H,20,21). The zero-order chi connectivity index (χ0) is 14.8. The van der Waals surface area contributed by atoms with Gasteiger partial charge < -0.3 is 10.0 Å². The lowest BCUT2D eigenvalue weighted by atomic mass is 9.93. The second kappa shape index (κ2) is 6.13. The van der Waals surface area contributed by atoms with Crippen molar-refractivity contribution in [3.63, 3.8) is 0 Å². The van der Waals surface area contributed by atoms with Gasteiger partial charge in [-0.05, 0) is 44.8 Å². The molecule has 1 N–H and O–H groups in total. The van der Waals surface area contributed by atoms with Crippen LogP contribution in [0.1, 0.15) is 37.8 Å². The van der Waals surface area contributed by atoms with E-state index in [4.69, 9.17) is 5.11 Å². The van der Waals surface area contributed by atoms with Crippen molar-refractivity contribution in [3.05, 3.63) is 11.6 Å². The minimum Gasteiger partial charge on any atom is -0.481 e. The van der Waals surface area contributed by atoms with Crippen molar-refractivity contribution in [1.82, 2.24) is 19.7 Å². The van der Waals surface area contributed by atoms with Gasteiger partial charge in [-0.15, -0.1) is 0 Å². The van der Waals surface area contributed by atoms with Crippen LogP contribution in [-0.2, 0) is 24.2 Å². The summed E-state index contributed by atoms with van der Waals surface area (Å²) in [5.41, 5.74) is 0. The highest BCUT2D eigenvalue weighted by Gasteiger charge is 2.27. The second-order valence-electron chi connectivity index (χ2n) is 6.28. The zero-order valence-corrected chi connectivity index (χ0v) is 12.7. The first-order valence-electron chi connectivity index (χ1n) is 8.03. The van der Waals surface area contributed by atoms with Crippen LogP contribution in [0, 0.1) is 11.8 Å². The maximum absolute atomic E-state index is 11.1. The molecule has 0 saturated carbocycles. The molecule has 0 bridgehead atoms. The van der Waals surface area contributed by atoms with Crippen LogP contribution in [0.25, 0.3) is 0 Å². The van der Waals surface area contributed by atoms with Gasteiger partial charge in [0.25, 0.3) is 0 Å². The summed E-state index contributed by atoms with van der Waals surface area (Å²) in [6.45, 7) is 6.18. The van der Waals surface area contributed by atoms with E-state index in [0.717, 1.165) is 31.0 Å². The number of carbonyl (C=O) groups is 1. The van der Waals surface area contributed by atoms with E-state index < -0.39 is 5.97 Å². The molecule has 0 aromatic carbocycles. The minimum absolute atomic E-state index is 0.306. The van der Waals surface area contributed by atoms with Crippen LogP contribution in [-0.4, -0.2) is 50.4 Å². The number of piperidine rings is 1. The Labute approximate surface area is 125 Å². The number of hydrogen-bond acceptors (Lipinski definition) is 4. The Bertz CT molecular complexity index is 506. The Hall–Kier alpha value is -1.43. The summed E-state index contributed by atoms with van der Waals surface area (Å²) >= 11 is 0. The fourth-order valence-electron chi connectivity index (χ4n) is 3.41. The fraction of sp³-hybridized carbons (Fsp3) is 0.800. The quantitative estimate of drug-likeness (QED) is 0.903. The van der Waals surface area contributed by atoms with Gasteiger partial charge in [0.15, 0.2) is 5.82 Å². The molecular formula is C15H24N4O2. The number of carboxylic acids is 1. The molecule has 6 nitrogen and oxygen atoms in total. The summed E-state index contributed by atoms with van der Waals surface area (Å²) in [5.74, 6) is 1.52. The average molecular weight is 292 g/mol. The number of nitrogens with zero attached hydrogens (tertiary/aromatic N) is 4. The summed E-state index contributed by atoms with van der Waals surface area (Å²) in [7, 11) is 0. The molecule has 1 unspecified atom stereocenters. The summed E-state index contributed by atoms with van der Waals surface area (Å²) < 4.78 is 1.82. The Morgan fingerprint density at radius 3 is 2.76 bits per heavy atom. The topological polar surface area (TPSA) is 71.2 Å². The Balaban J connectivity index is 1.60. The molecule has 1 fully saturated rings. The van der Waals surface area contributed by atoms with Crippen molar-refractivity contribution in [1.29, 1.82) is 0 Å². The van der Waals surface area contributed by atoms with Gasteiger partial charge in [0.1, 0.15) is 5.82 Å².